The number of furan rings is 1. The third kappa shape index (κ3) is 3.38. The number of ether oxygens (including phenoxy) is 1. The summed E-state index contributed by atoms with van der Waals surface area (Å²) in [6, 6.07) is 1.54. The first-order valence-corrected chi connectivity index (χ1v) is 5.27. The predicted molar refractivity (Wildman–Crippen MR) is 60.8 cm³/mol. The van der Waals surface area contributed by atoms with E-state index >= 15 is 0 Å². The Morgan fingerprint density at radius 3 is 2.69 bits per heavy atom. The van der Waals surface area contributed by atoms with E-state index in [1.165, 1.54) is 7.11 Å². The second-order valence-electron chi connectivity index (χ2n) is 4.83. The van der Waals surface area contributed by atoms with Gasteiger partial charge < -0.3 is 9.15 Å². The summed E-state index contributed by atoms with van der Waals surface area (Å²) in [7, 11) is 1.40. The third-order valence-corrected chi connectivity index (χ3v) is 2.39. The zero-order chi connectivity index (χ0) is 12.2. The minimum Gasteiger partial charge on any atom is -0.472 e. The molecule has 90 valence electrons. The zero-order valence-corrected chi connectivity index (χ0v) is 10.2. The van der Waals surface area contributed by atoms with Gasteiger partial charge in [0.05, 0.1) is 19.6 Å². The van der Waals surface area contributed by atoms with Crippen molar-refractivity contribution in [2.24, 2.45) is 5.41 Å². The molecule has 4 nitrogen and oxygen atoms in total. The molecular formula is C12H19NO3. The molecule has 1 heterocycles. The van der Waals surface area contributed by atoms with Gasteiger partial charge in [-0.1, -0.05) is 20.8 Å². The highest BCUT2D eigenvalue weighted by Crippen LogP contribution is 2.20. The van der Waals surface area contributed by atoms with Crippen LogP contribution in [0.5, 0.6) is 0 Å². The number of nitrogens with one attached hydrogen (secondary N) is 1. The Bertz CT molecular complexity index is 325. The first-order chi connectivity index (χ1) is 7.45. The van der Waals surface area contributed by atoms with Gasteiger partial charge in [-0.3, -0.25) is 10.1 Å². The van der Waals surface area contributed by atoms with Gasteiger partial charge in [-0.05, 0) is 11.5 Å². The molecule has 0 spiro atoms. The van der Waals surface area contributed by atoms with Gasteiger partial charge in [0.1, 0.15) is 6.04 Å². The van der Waals surface area contributed by atoms with Crippen LogP contribution in [0.2, 0.25) is 0 Å². The molecule has 0 aliphatic heterocycles. The molecule has 0 fully saturated rings. The van der Waals surface area contributed by atoms with Gasteiger partial charge in [0, 0.05) is 12.1 Å². The van der Waals surface area contributed by atoms with E-state index in [0.717, 1.165) is 5.56 Å². The smallest absolute Gasteiger partial charge is 0.323 e. The van der Waals surface area contributed by atoms with Gasteiger partial charge in [-0.15, -0.1) is 0 Å². The fraction of sp³-hybridized carbons (Fsp3) is 0.583. The van der Waals surface area contributed by atoms with Crippen LogP contribution < -0.4 is 5.32 Å². The van der Waals surface area contributed by atoms with E-state index in [4.69, 9.17) is 9.15 Å². The number of hydrogen-bond donors (Lipinski definition) is 1. The molecule has 0 bridgehead atoms. The van der Waals surface area contributed by atoms with Crippen LogP contribution in [-0.4, -0.2) is 19.1 Å². The molecule has 0 aliphatic carbocycles. The molecular weight excluding hydrogens is 206 g/mol. The predicted octanol–water partition coefficient (Wildman–Crippen LogP) is 1.96. The first-order valence-electron chi connectivity index (χ1n) is 5.27. The Hall–Kier alpha value is -1.29. The number of methoxy groups -OCH3 is 1. The summed E-state index contributed by atoms with van der Waals surface area (Å²) in [6.45, 7) is 6.58. The summed E-state index contributed by atoms with van der Waals surface area (Å²) < 4.78 is 9.75. The van der Waals surface area contributed by atoms with E-state index in [2.05, 4.69) is 5.32 Å². The molecule has 1 N–H and O–H groups in total. The van der Waals surface area contributed by atoms with Gasteiger partial charge in [0.25, 0.3) is 0 Å². The third-order valence-electron chi connectivity index (χ3n) is 2.39. The van der Waals surface area contributed by atoms with Crippen molar-refractivity contribution >= 4 is 5.97 Å². The van der Waals surface area contributed by atoms with Crippen LogP contribution in [0, 0.1) is 5.41 Å². The van der Waals surface area contributed by atoms with Gasteiger partial charge in [0.2, 0.25) is 0 Å². The van der Waals surface area contributed by atoms with Crippen molar-refractivity contribution in [1.82, 2.24) is 5.32 Å². The summed E-state index contributed by atoms with van der Waals surface area (Å²) in [6.07, 6.45) is 3.27. The highest BCUT2D eigenvalue weighted by molar-refractivity contribution is 5.76. The average Bonchev–Trinajstić information content (AvgIpc) is 2.68. The maximum atomic E-state index is 11.6. The van der Waals surface area contributed by atoms with Crippen LogP contribution in [0.4, 0.5) is 0 Å². The maximum absolute atomic E-state index is 11.6. The maximum Gasteiger partial charge on any atom is 0.323 e. The van der Waals surface area contributed by atoms with Gasteiger partial charge >= 0.3 is 5.97 Å². The van der Waals surface area contributed by atoms with E-state index in [-0.39, 0.29) is 17.4 Å². The molecule has 0 amide bonds. The van der Waals surface area contributed by atoms with Crippen molar-refractivity contribution in [2.45, 2.75) is 33.4 Å². The van der Waals surface area contributed by atoms with Crippen molar-refractivity contribution in [2.75, 3.05) is 7.11 Å². The van der Waals surface area contributed by atoms with E-state index in [1.54, 1.807) is 12.5 Å². The van der Waals surface area contributed by atoms with Gasteiger partial charge in [-0.2, -0.15) is 0 Å². The molecule has 1 atom stereocenters. The monoisotopic (exact) mass is 225 g/mol. The molecule has 1 aromatic heterocycles. The summed E-state index contributed by atoms with van der Waals surface area (Å²) in [5, 5.41) is 3.18. The van der Waals surface area contributed by atoms with Crippen LogP contribution in [0.1, 0.15) is 26.3 Å². The Kier molecular flexibility index (Phi) is 4.12. The Balaban J connectivity index is 2.61. The lowest BCUT2D eigenvalue weighted by Crippen LogP contribution is -2.46. The molecule has 4 heteroatoms. The van der Waals surface area contributed by atoms with Crippen LogP contribution in [-0.2, 0) is 16.1 Å². The fourth-order valence-corrected chi connectivity index (χ4v) is 1.47. The van der Waals surface area contributed by atoms with Crippen molar-refractivity contribution < 1.29 is 13.9 Å². The van der Waals surface area contributed by atoms with E-state index in [1.807, 2.05) is 26.8 Å². The lowest BCUT2D eigenvalue weighted by atomic mass is 9.86. The SMILES string of the molecule is COC(=O)C(NCc1ccoc1)C(C)(C)C. The van der Waals surface area contributed by atoms with Crippen molar-refractivity contribution in [3.63, 3.8) is 0 Å². The largest absolute Gasteiger partial charge is 0.472 e. The van der Waals surface area contributed by atoms with E-state index in [0.29, 0.717) is 6.54 Å². The Morgan fingerprint density at radius 2 is 2.25 bits per heavy atom. The highest BCUT2D eigenvalue weighted by atomic mass is 16.5. The van der Waals surface area contributed by atoms with Crippen LogP contribution >= 0.6 is 0 Å². The molecule has 0 radical (unpaired) electrons. The van der Waals surface area contributed by atoms with Crippen LogP contribution in [0.15, 0.2) is 23.0 Å². The second-order valence-corrected chi connectivity index (χ2v) is 4.83. The molecule has 0 saturated heterocycles. The lowest BCUT2D eigenvalue weighted by molar-refractivity contribution is -0.146. The van der Waals surface area contributed by atoms with Crippen LogP contribution in [0.25, 0.3) is 0 Å². The van der Waals surface area contributed by atoms with E-state index < -0.39 is 0 Å². The topological polar surface area (TPSA) is 51.5 Å². The Morgan fingerprint density at radius 1 is 1.56 bits per heavy atom. The number of esters is 1. The zero-order valence-electron chi connectivity index (χ0n) is 10.2. The van der Waals surface area contributed by atoms with Crippen molar-refractivity contribution in [3.8, 4) is 0 Å². The summed E-state index contributed by atoms with van der Waals surface area (Å²) >= 11 is 0. The minimum atomic E-state index is -0.326. The first kappa shape index (κ1) is 12.8. The molecule has 0 saturated carbocycles. The van der Waals surface area contributed by atoms with Crippen molar-refractivity contribution in [1.29, 1.82) is 0 Å². The molecule has 0 aromatic carbocycles. The standard InChI is InChI=1S/C12H19NO3/c1-12(2,3)10(11(14)15-4)13-7-9-5-6-16-8-9/h5-6,8,10,13H,7H2,1-4H3. The molecule has 16 heavy (non-hydrogen) atoms. The molecule has 0 aliphatic rings. The van der Waals surface area contributed by atoms with E-state index in [9.17, 15) is 4.79 Å². The summed E-state index contributed by atoms with van der Waals surface area (Å²) in [5.41, 5.74) is 0.828. The van der Waals surface area contributed by atoms with Crippen molar-refractivity contribution in [3.05, 3.63) is 24.2 Å². The quantitative estimate of drug-likeness (QED) is 0.796. The average molecular weight is 225 g/mol. The number of carbonyl (C=O) groups excluding carboxylic acids is 1. The number of carbonyl (C=O) groups is 1. The number of hydrogen-bond acceptors (Lipinski definition) is 4. The van der Waals surface area contributed by atoms with Gasteiger partial charge in [-0.25, -0.2) is 0 Å². The highest BCUT2D eigenvalue weighted by Gasteiger charge is 2.31. The second kappa shape index (κ2) is 5.16. The fourth-order valence-electron chi connectivity index (χ4n) is 1.47. The Labute approximate surface area is 96.0 Å². The lowest BCUT2D eigenvalue weighted by Gasteiger charge is -2.29. The van der Waals surface area contributed by atoms with Crippen LogP contribution in [0.3, 0.4) is 0 Å². The summed E-state index contributed by atoms with van der Waals surface area (Å²) in [5.74, 6) is -0.240. The number of rotatable bonds is 4. The van der Waals surface area contributed by atoms with Gasteiger partial charge in [0.15, 0.2) is 0 Å². The normalized spacial score (nSPS) is 13.5. The molecule has 1 aromatic rings. The molecule has 1 rings (SSSR count). The molecule has 1 unspecified atom stereocenters. The summed E-state index contributed by atoms with van der Waals surface area (Å²) in [4.78, 5) is 11.6. The minimum absolute atomic E-state index is 0.184.